The minimum absolute atomic E-state index is 0.332. The van der Waals surface area contributed by atoms with Gasteiger partial charge < -0.3 is 14.6 Å². The second-order valence-corrected chi connectivity index (χ2v) is 4.70. The first-order chi connectivity index (χ1) is 8.81. The van der Waals surface area contributed by atoms with Crippen LogP contribution in [-0.4, -0.2) is 24.4 Å². The van der Waals surface area contributed by atoms with E-state index in [0.717, 1.165) is 43.6 Å². The average Bonchev–Trinajstić information content (AvgIpc) is 2.90. The van der Waals surface area contributed by atoms with Crippen LogP contribution in [0.1, 0.15) is 44.3 Å². The molecule has 1 aromatic rings. The van der Waals surface area contributed by atoms with Crippen molar-refractivity contribution in [1.82, 2.24) is 0 Å². The van der Waals surface area contributed by atoms with Crippen LogP contribution in [0.2, 0.25) is 0 Å². The molecular formula is C15H22O3. The summed E-state index contributed by atoms with van der Waals surface area (Å²) < 4.78 is 11.1. The van der Waals surface area contributed by atoms with Crippen molar-refractivity contribution in [3.05, 3.63) is 29.8 Å². The Morgan fingerprint density at radius 1 is 1.44 bits per heavy atom. The number of aliphatic hydroxyl groups is 1. The Hall–Kier alpha value is -1.06. The summed E-state index contributed by atoms with van der Waals surface area (Å²) in [5.74, 6) is 0.792. The number of hydrogen-bond donors (Lipinski definition) is 1. The number of para-hydroxylation sites is 1. The van der Waals surface area contributed by atoms with Crippen LogP contribution in [0.4, 0.5) is 0 Å². The SMILES string of the molecule is CCOc1ccccc1C(O)CCC1CCCO1. The highest BCUT2D eigenvalue weighted by atomic mass is 16.5. The molecule has 1 aliphatic rings. The smallest absolute Gasteiger partial charge is 0.125 e. The summed E-state index contributed by atoms with van der Waals surface area (Å²) in [4.78, 5) is 0. The molecule has 1 aliphatic heterocycles. The molecule has 0 aliphatic carbocycles. The van der Waals surface area contributed by atoms with Gasteiger partial charge in [0.1, 0.15) is 5.75 Å². The van der Waals surface area contributed by atoms with E-state index in [4.69, 9.17) is 9.47 Å². The molecule has 0 amide bonds. The van der Waals surface area contributed by atoms with E-state index in [1.54, 1.807) is 0 Å². The molecule has 0 radical (unpaired) electrons. The van der Waals surface area contributed by atoms with E-state index in [9.17, 15) is 5.11 Å². The lowest BCUT2D eigenvalue weighted by atomic mass is 10.0. The van der Waals surface area contributed by atoms with Crippen molar-refractivity contribution < 1.29 is 14.6 Å². The highest BCUT2D eigenvalue weighted by Crippen LogP contribution is 2.29. The molecule has 2 unspecified atom stereocenters. The van der Waals surface area contributed by atoms with Gasteiger partial charge in [-0.1, -0.05) is 18.2 Å². The maximum absolute atomic E-state index is 10.3. The molecule has 18 heavy (non-hydrogen) atoms. The molecule has 100 valence electrons. The first kappa shape index (κ1) is 13.4. The minimum Gasteiger partial charge on any atom is -0.493 e. The van der Waals surface area contributed by atoms with Crippen molar-refractivity contribution in [1.29, 1.82) is 0 Å². The van der Waals surface area contributed by atoms with E-state index in [1.807, 2.05) is 31.2 Å². The maximum Gasteiger partial charge on any atom is 0.125 e. The van der Waals surface area contributed by atoms with E-state index in [1.165, 1.54) is 0 Å². The van der Waals surface area contributed by atoms with Gasteiger partial charge in [-0.25, -0.2) is 0 Å². The Morgan fingerprint density at radius 3 is 3.00 bits per heavy atom. The number of benzene rings is 1. The Labute approximate surface area is 109 Å². The van der Waals surface area contributed by atoms with Crippen molar-refractivity contribution >= 4 is 0 Å². The fourth-order valence-corrected chi connectivity index (χ4v) is 2.41. The highest BCUT2D eigenvalue weighted by Gasteiger charge is 2.19. The van der Waals surface area contributed by atoms with Crippen LogP contribution in [0.15, 0.2) is 24.3 Å². The zero-order valence-electron chi connectivity index (χ0n) is 11.0. The second-order valence-electron chi connectivity index (χ2n) is 4.70. The summed E-state index contributed by atoms with van der Waals surface area (Å²) >= 11 is 0. The largest absolute Gasteiger partial charge is 0.493 e. The predicted octanol–water partition coefficient (Wildman–Crippen LogP) is 3.08. The molecular weight excluding hydrogens is 228 g/mol. The van der Waals surface area contributed by atoms with Crippen LogP contribution in [0.25, 0.3) is 0 Å². The number of hydrogen-bond acceptors (Lipinski definition) is 3. The van der Waals surface area contributed by atoms with Gasteiger partial charge in [-0.15, -0.1) is 0 Å². The molecule has 2 rings (SSSR count). The second kappa shape index (κ2) is 6.76. The van der Waals surface area contributed by atoms with Crippen LogP contribution in [0.3, 0.4) is 0 Å². The van der Waals surface area contributed by atoms with Gasteiger partial charge in [-0.2, -0.15) is 0 Å². The average molecular weight is 250 g/mol. The van der Waals surface area contributed by atoms with Crippen molar-refractivity contribution in [2.24, 2.45) is 0 Å². The molecule has 1 aromatic carbocycles. The quantitative estimate of drug-likeness (QED) is 0.843. The van der Waals surface area contributed by atoms with Gasteiger partial charge in [0.25, 0.3) is 0 Å². The number of aliphatic hydroxyl groups excluding tert-OH is 1. The van der Waals surface area contributed by atoms with E-state index in [0.29, 0.717) is 12.7 Å². The maximum atomic E-state index is 10.3. The molecule has 0 bridgehead atoms. The van der Waals surface area contributed by atoms with Crippen LogP contribution >= 0.6 is 0 Å². The van der Waals surface area contributed by atoms with Gasteiger partial charge in [-0.3, -0.25) is 0 Å². The van der Waals surface area contributed by atoms with Crippen molar-refractivity contribution in [2.45, 2.75) is 44.8 Å². The number of ether oxygens (including phenoxy) is 2. The molecule has 2 atom stereocenters. The van der Waals surface area contributed by atoms with Gasteiger partial charge in [0.15, 0.2) is 0 Å². The topological polar surface area (TPSA) is 38.7 Å². The van der Waals surface area contributed by atoms with E-state index in [-0.39, 0.29) is 0 Å². The van der Waals surface area contributed by atoms with E-state index >= 15 is 0 Å². The third-order valence-corrected chi connectivity index (χ3v) is 3.36. The molecule has 3 nitrogen and oxygen atoms in total. The highest BCUT2D eigenvalue weighted by molar-refractivity contribution is 5.35. The van der Waals surface area contributed by atoms with Gasteiger partial charge in [-0.05, 0) is 38.7 Å². The standard InChI is InChI=1S/C15H22O3/c1-2-17-15-8-4-3-7-13(15)14(16)10-9-12-6-5-11-18-12/h3-4,7-8,12,14,16H,2,5-6,9-11H2,1H3. The van der Waals surface area contributed by atoms with Crippen molar-refractivity contribution in [3.63, 3.8) is 0 Å². The monoisotopic (exact) mass is 250 g/mol. The molecule has 1 heterocycles. The summed E-state index contributed by atoms with van der Waals surface area (Å²) in [6.07, 6.45) is 3.79. The third kappa shape index (κ3) is 3.47. The third-order valence-electron chi connectivity index (χ3n) is 3.36. The first-order valence-electron chi connectivity index (χ1n) is 6.82. The molecule has 3 heteroatoms. The minimum atomic E-state index is -0.461. The Bertz CT molecular complexity index is 359. The normalized spacial score (nSPS) is 20.9. The van der Waals surface area contributed by atoms with Crippen LogP contribution in [-0.2, 0) is 4.74 Å². The van der Waals surface area contributed by atoms with Crippen LogP contribution < -0.4 is 4.74 Å². The molecule has 1 fully saturated rings. The molecule has 1 saturated heterocycles. The lowest BCUT2D eigenvalue weighted by Crippen LogP contribution is -2.09. The Morgan fingerprint density at radius 2 is 2.28 bits per heavy atom. The molecule has 0 aromatic heterocycles. The zero-order chi connectivity index (χ0) is 12.8. The number of rotatable bonds is 6. The summed E-state index contributed by atoms with van der Waals surface area (Å²) in [5.41, 5.74) is 0.886. The summed E-state index contributed by atoms with van der Waals surface area (Å²) in [6, 6.07) is 7.72. The summed E-state index contributed by atoms with van der Waals surface area (Å²) in [6.45, 7) is 3.45. The van der Waals surface area contributed by atoms with Crippen molar-refractivity contribution in [2.75, 3.05) is 13.2 Å². The lowest BCUT2D eigenvalue weighted by molar-refractivity contribution is 0.0804. The zero-order valence-corrected chi connectivity index (χ0v) is 11.0. The van der Waals surface area contributed by atoms with Gasteiger partial charge >= 0.3 is 0 Å². The van der Waals surface area contributed by atoms with Crippen LogP contribution in [0.5, 0.6) is 5.75 Å². The molecule has 0 saturated carbocycles. The fourth-order valence-electron chi connectivity index (χ4n) is 2.41. The Kier molecular flexibility index (Phi) is 5.02. The van der Waals surface area contributed by atoms with Gasteiger partial charge in [0.2, 0.25) is 0 Å². The summed E-state index contributed by atoms with van der Waals surface area (Å²) in [7, 11) is 0. The summed E-state index contributed by atoms with van der Waals surface area (Å²) in [5, 5.41) is 10.3. The lowest BCUT2D eigenvalue weighted by Gasteiger charge is -2.17. The van der Waals surface area contributed by atoms with E-state index in [2.05, 4.69) is 0 Å². The molecule has 0 spiro atoms. The molecule has 1 N–H and O–H groups in total. The Balaban J connectivity index is 1.92. The fraction of sp³-hybridized carbons (Fsp3) is 0.600. The van der Waals surface area contributed by atoms with Crippen molar-refractivity contribution in [3.8, 4) is 5.75 Å². The van der Waals surface area contributed by atoms with Crippen LogP contribution in [0, 0.1) is 0 Å². The van der Waals surface area contributed by atoms with Gasteiger partial charge in [0, 0.05) is 12.2 Å². The predicted molar refractivity (Wildman–Crippen MR) is 70.8 cm³/mol. The van der Waals surface area contributed by atoms with E-state index < -0.39 is 6.10 Å². The van der Waals surface area contributed by atoms with Gasteiger partial charge in [0.05, 0.1) is 18.8 Å². The first-order valence-corrected chi connectivity index (χ1v) is 6.82.